The second-order valence-corrected chi connectivity index (χ2v) is 4.45. The highest BCUT2D eigenvalue weighted by Gasteiger charge is 2.18. The van der Waals surface area contributed by atoms with Gasteiger partial charge in [0.25, 0.3) is 0 Å². The summed E-state index contributed by atoms with van der Waals surface area (Å²) in [6.45, 7) is 6.63. The second-order valence-electron chi connectivity index (χ2n) is 3.89. The van der Waals surface area contributed by atoms with E-state index in [9.17, 15) is 0 Å². The van der Waals surface area contributed by atoms with Gasteiger partial charge in [-0.2, -0.15) is 0 Å². The Labute approximate surface area is 83.1 Å². The van der Waals surface area contributed by atoms with Crippen LogP contribution in [0.1, 0.15) is 25.0 Å². The summed E-state index contributed by atoms with van der Waals surface area (Å²) < 4.78 is 0. The lowest BCUT2D eigenvalue weighted by Crippen LogP contribution is -2.18. The molecule has 0 heterocycles. The van der Waals surface area contributed by atoms with E-state index in [1.54, 1.807) is 0 Å². The van der Waals surface area contributed by atoms with Crippen LogP contribution in [0.3, 0.4) is 0 Å². The summed E-state index contributed by atoms with van der Waals surface area (Å²) in [5.41, 5.74) is 2.98. The number of hydrogen-bond donors (Lipinski definition) is 0. The molecule has 0 aromatic heterocycles. The molecule has 0 aliphatic carbocycles. The Balaban J connectivity index is 3.03. The van der Waals surface area contributed by atoms with Crippen LogP contribution in [0, 0.1) is 6.92 Å². The molecule has 0 spiro atoms. The fourth-order valence-corrected chi connectivity index (χ4v) is 1.47. The van der Waals surface area contributed by atoms with Crippen LogP contribution < -0.4 is 0 Å². The summed E-state index contributed by atoms with van der Waals surface area (Å²) in [6.07, 6.45) is 0. The summed E-state index contributed by atoms with van der Waals surface area (Å²) in [7, 11) is 0. The monoisotopic (exact) mass is 226 g/mol. The van der Waals surface area contributed by atoms with Crippen molar-refractivity contribution in [2.24, 2.45) is 0 Å². The lowest BCUT2D eigenvalue weighted by molar-refractivity contribution is 0.606. The van der Waals surface area contributed by atoms with E-state index in [0.29, 0.717) is 0 Å². The molecule has 0 atom stereocenters. The van der Waals surface area contributed by atoms with Crippen molar-refractivity contribution in [2.45, 2.75) is 26.2 Å². The third-order valence-corrected chi connectivity index (χ3v) is 3.54. The third-order valence-electron chi connectivity index (χ3n) is 2.13. The first-order valence-corrected chi connectivity index (χ1v) is 5.31. The molecule has 66 valence electrons. The zero-order valence-electron chi connectivity index (χ0n) is 7.89. The van der Waals surface area contributed by atoms with Gasteiger partial charge in [0.15, 0.2) is 0 Å². The zero-order chi connectivity index (χ0) is 9.19. The van der Waals surface area contributed by atoms with Crippen molar-refractivity contribution in [2.75, 3.05) is 5.33 Å². The van der Waals surface area contributed by atoms with Crippen molar-refractivity contribution in [1.82, 2.24) is 0 Å². The Kier molecular flexibility index (Phi) is 2.94. The lowest BCUT2D eigenvalue weighted by atomic mass is 9.86. The molecule has 1 rings (SSSR count). The van der Waals surface area contributed by atoms with E-state index in [1.165, 1.54) is 11.1 Å². The van der Waals surface area contributed by atoms with Gasteiger partial charge in [0.1, 0.15) is 0 Å². The quantitative estimate of drug-likeness (QED) is 0.676. The van der Waals surface area contributed by atoms with Crippen LogP contribution in [0.5, 0.6) is 0 Å². The average Bonchev–Trinajstić information content (AvgIpc) is 2.05. The summed E-state index contributed by atoms with van der Waals surface area (Å²) in [4.78, 5) is 0. The minimum absolute atomic E-state index is 0.242. The van der Waals surface area contributed by atoms with Crippen molar-refractivity contribution in [1.29, 1.82) is 0 Å². The van der Waals surface area contributed by atoms with Gasteiger partial charge in [0.2, 0.25) is 0 Å². The SMILES string of the molecule is Cc1cccc(C(C)(C)CBr)c1. The normalized spacial score (nSPS) is 11.7. The number of alkyl halides is 1. The molecule has 0 unspecified atom stereocenters. The molecule has 0 bridgehead atoms. The minimum atomic E-state index is 0.242. The fraction of sp³-hybridized carbons (Fsp3) is 0.455. The molecule has 0 radical (unpaired) electrons. The predicted molar refractivity (Wildman–Crippen MR) is 58.0 cm³/mol. The first-order valence-electron chi connectivity index (χ1n) is 4.19. The van der Waals surface area contributed by atoms with Gasteiger partial charge in [-0.1, -0.05) is 59.6 Å². The minimum Gasteiger partial charge on any atom is -0.0919 e. The molecular formula is C11H15Br. The van der Waals surface area contributed by atoms with Crippen LogP contribution in [0.4, 0.5) is 0 Å². The number of hydrogen-bond acceptors (Lipinski definition) is 0. The number of halogens is 1. The van der Waals surface area contributed by atoms with Gasteiger partial charge in [0, 0.05) is 5.33 Å². The van der Waals surface area contributed by atoms with E-state index < -0.39 is 0 Å². The van der Waals surface area contributed by atoms with Crippen LogP contribution in [0.25, 0.3) is 0 Å². The molecular weight excluding hydrogens is 212 g/mol. The summed E-state index contributed by atoms with van der Waals surface area (Å²) in [6, 6.07) is 8.69. The topological polar surface area (TPSA) is 0 Å². The van der Waals surface area contributed by atoms with Crippen LogP contribution in [0.2, 0.25) is 0 Å². The molecule has 1 heteroatoms. The zero-order valence-corrected chi connectivity index (χ0v) is 9.48. The van der Waals surface area contributed by atoms with Crippen molar-refractivity contribution < 1.29 is 0 Å². The van der Waals surface area contributed by atoms with Gasteiger partial charge in [-0.05, 0) is 17.9 Å². The Morgan fingerprint density at radius 3 is 2.50 bits per heavy atom. The van der Waals surface area contributed by atoms with Gasteiger partial charge in [-0.25, -0.2) is 0 Å². The Bertz CT molecular complexity index is 263. The van der Waals surface area contributed by atoms with Gasteiger partial charge in [-0.15, -0.1) is 0 Å². The van der Waals surface area contributed by atoms with Crippen molar-refractivity contribution in [3.63, 3.8) is 0 Å². The molecule has 0 aliphatic heterocycles. The Morgan fingerprint density at radius 2 is 2.00 bits per heavy atom. The maximum Gasteiger partial charge on any atom is 0.0123 e. The van der Waals surface area contributed by atoms with Crippen molar-refractivity contribution >= 4 is 15.9 Å². The molecule has 0 N–H and O–H groups in total. The van der Waals surface area contributed by atoms with Gasteiger partial charge in [-0.3, -0.25) is 0 Å². The Morgan fingerprint density at radius 1 is 1.33 bits per heavy atom. The highest BCUT2D eigenvalue weighted by atomic mass is 79.9. The average molecular weight is 227 g/mol. The highest BCUT2D eigenvalue weighted by molar-refractivity contribution is 9.09. The molecule has 0 saturated carbocycles. The molecule has 1 aromatic carbocycles. The van der Waals surface area contributed by atoms with Crippen molar-refractivity contribution in [3.8, 4) is 0 Å². The van der Waals surface area contributed by atoms with Gasteiger partial charge >= 0.3 is 0 Å². The van der Waals surface area contributed by atoms with Crippen LogP contribution >= 0.6 is 15.9 Å². The van der Waals surface area contributed by atoms with Gasteiger partial charge in [0.05, 0.1) is 0 Å². The molecule has 0 fully saturated rings. The van der Waals surface area contributed by atoms with Crippen LogP contribution in [0.15, 0.2) is 24.3 Å². The number of rotatable bonds is 2. The largest absolute Gasteiger partial charge is 0.0919 e. The maximum atomic E-state index is 3.53. The van der Waals surface area contributed by atoms with E-state index >= 15 is 0 Å². The first-order chi connectivity index (χ1) is 5.56. The smallest absolute Gasteiger partial charge is 0.0123 e. The second kappa shape index (κ2) is 3.61. The molecule has 0 aliphatic rings. The van der Waals surface area contributed by atoms with E-state index in [2.05, 4.69) is 61.0 Å². The molecule has 0 saturated heterocycles. The van der Waals surface area contributed by atoms with E-state index in [-0.39, 0.29) is 5.41 Å². The predicted octanol–water partition coefficient (Wildman–Crippen LogP) is 3.67. The lowest BCUT2D eigenvalue weighted by Gasteiger charge is -2.22. The first kappa shape index (κ1) is 9.79. The standard InChI is InChI=1S/C11H15Br/c1-9-5-4-6-10(7-9)11(2,3)8-12/h4-7H,8H2,1-3H3. The number of aryl methyl sites for hydroxylation is 1. The molecule has 12 heavy (non-hydrogen) atoms. The molecule has 1 aromatic rings. The summed E-state index contributed by atoms with van der Waals surface area (Å²) >= 11 is 3.53. The maximum absolute atomic E-state index is 3.53. The van der Waals surface area contributed by atoms with Crippen LogP contribution in [-0.4, -0.2) is 5.33 Å². The van der Waals surface area contributed by atoms with Crippen LogP contribution in [-0.2, 0) is 5.41 Å². The number of benzene rings is 1. The fourth-order valence-electron chi connectivity index (χ4n) is 1.14. The highest BCUT2D eigenvalue weighted by Crippen LogP contribution is 2.25. The Hall–Kier alpha value is -0.300. The van der Waals surface area contributed by atoms with Crippen molar-refractivity contribution in [3.05, 3.63) is 35.4 Å². The van der Waals surface area contributed by atoms with E-state index in [4.69, 9.17) is 0 Å². The summed E-state index contributed by atoms with van der Waals surface area (Å²) in [5, 5.41) is 1.00. The van der Waals surface area contributed by atoms with E-state index in [1.807, 2.05) is 0 Å². The van der Waals surface area contributed by atoms with E-state index in [0.717, 1.165) is 5.33 Å². The summed E-state index contributed by atoms with van der Waals surface area (Å²) in [5.74, 6) is 0. The van der Waals surface area contributed by atoms with Gasteiger partial charge < -0.3 is 0 Å². The molecule has 0 amide bonds. The third kappa shape index (κ3) is 2.10. The molecule has 0 nitrogen and oxygen atoms in total.